The van der Waals surface area contributed by atoms with Crippen LogP contribution in [-0.2, 0) is 4.79 Å². The van der Waals surface area contributed by atoms with E-state index in [4.69, 9.17) is 5.11 Å². The highest BCUT2D eigenvalue weighted by Gasteiger charge is 2.19. The van der Waals surface area contributed by atoms with E-state index >= 15 is 0 Å². The van der Waals surface area contributed by atoms with Gasteiger partial charge in [0.1, 0.15) is 5.75 Å². The second kappa shape index (κ2) is 3.67. The maximum absolute atomic E-state index is 10.5. The van der Waals surface area contributed by atoms with Crippen LogP contribution in [0.4, 0.5) is 0 Å². The number of hydrogen-bond acceptors (Lipinski definition) is 3. The molecule has 0 amide bonds. The van der Waals surface area contributed by atoms with E-state index in [2.05, 4.69) is 0 Å². The molecule has 14 heavy (non-hydrogen) atoms. The van der Waals surface area contributed by atoms with Crippen molar-refractivity contribution in [1.29, 1.82) is 0 Å². The summed E-state index contributed by atoms with van der Waals surface area (Å²) < 4.78 is 0. The minimum Gasteiger partial charge on any atom is -0.507 e. The van der Waals surface area contributed by atoms with Crippen LogP contribution in [0.25, 0.3) is 0 Å². The minimum atomic E-state index is -1.58. The van der Waals surface area contributed by atoms with Gasteiger partial charge in [0.15, 0.2) is 6.10 Å². The van der Waals surface area contributed by atoms with E-state index < -0.39 is 12.1 Å². The largest absolute Gasteiger partial charge is 0.507 e. The van der Waals surface area contributed by atoms with Gasteiger partial charge >= 0.3 is 5.97 Å². The van der Waals surface area contributed by atoms with E-state index in [1.807, 2.05) is 0 Å². The minimum absolute atomic E-state index is 0.0304. The van der Waals surface area contributed by atoms with Gasteiger partial charge in [0.2, 0.25) is 0 Å². The molecule has 0 aliphatic heterocycles. The summed E-state index contributed by atoms with van der Waals surface area (Å²) in [6, 6.07) is 3.08. The third-order valence-electron chi connectivity index (χ3n) is 2.20. The zero-order valence-corrected chi connectivity index (χ0v) is 7.98. The van der Waals surface area contributed by atoms with Crippen molar-refractivity contribution in [2.45, 2.75) is 20.0 Å². The monoisotopic (exact) mass is 196 g/mol. The first-order valence-electron chi connectivity index (χ1n) is 4.15. The maximum atomic E-state index is 10.5. The normalized spacial score (nSPS) is 12.5. The summed E-state index contributed by atoms with van der Waals surface area (Å²) in [5.41, 5.74) is 1.28. The Bertz CT molecular complexity index is 371. The number of phenols is 1. The van der Waals surface area contributed by atoms with Crippen molar-refractivity contribution in [2.75, 3.05) is 0 Å². The fourth-order valence-corrected chi connectivity index (χ4v) is 1.28. The van der Waals surface area contributed by atoms with Gasteiger partial charge in [-0.3, -0.25) is 0 Å². The van der Waals surface area contributed by atoms with Crippen LogP contribution in [0, 0.1) is 13.8 Å². The van der Waals surface area contributed by atoms with Gasteiger partial charge in [0.25, 0.3) is 0 Å². The van der Waals surface area contributed by atoms with E-state index in [9.17, 15) is 15.0 Å². The Kier molecular flexibility index (Phi) is 2.76. The molecule has 1 rings (SSSR count). The van der Waals surface area contributed by atoms with Crippen molar-refractivity contribution < 1.29 is 20.1 Å². The highest BCUT2D eigenvalue weighted by atomic mass is 16.4. The second-order valence-corrected chi connectivity index (χ2v) is 3.19. The number of aromatic hydroxyl groups is 1. The Hall–Kier alpha value is -1.55. The van der Waals surface area contributed by atoms with Crippen LogP contribution < -0.4 is 0 Å². The number of aliphatic carboxylic acids is 1. The average Bonchev–Trinajstić information content (AvgIpc) is 2.13. The molecule has 3 N–H and O–H groups in total. The number of hydrogen-bond donors (Lipinski definition) is 3. The third-order valence-corrected chi connectivity index (χ3v) is 2.20. The Labute approximate surface area is 81.4 Å². The molecule has 0 aliphatic rings. The molecule has 0 heterocycles. The Morgan fingerprint density at radius 2 is 1.93 bits per heavy atom. The van der Waals surface area contributed by atoms with Crippen molar-refractivity contribution in [1.82, 2.24) is 0 Å². The first kappa shape index (κ1) is 10.5. The lowest BCUT2D eigenvalue weighted by Gasteiger charge is -2.12. The molecule has 1 atom stereocenters. The number of aliphatic hydroxyl groups excluding tert-OH is 1. The molecule has 0 aliphatic carbocycles. The van der Waals surface area contributed by atoms with Gasteiger partial charge in [0.05, 0.1) is 0 Å². The zero-order chi connectivity index (χ0) is 10.9. The molecule has 0 aromatic heterocycles. The zero-order valence-electron chi connectivity index (χ0n) is 7.98. The predicted molar refractivity (Wildman–Crippen MR) is 50.2 cm³/mol. The molecule has 0 radical (unpaired) electrons. The molecule has 4 nitrogen and oxygen atoms in total. The summed E-state index contributed by atoms with van der Waals surface area (Å²) in [5.74, 6) is -1.29. The molecule has 76 valence electrons. The van der Waals surface area contributed by atoms with E-state index in [0.717, 1.165) is 0 Å². The van der Waals surface area contributed by atoms with Crippen LogP contribution in [0.15, 0.2) is 12.1 Å². The van der Waals surface area contributed by atoms with Crippen molar-refractivity contribution in [3.8, 4) is 5.75 Å². The smallest absolute Gasteiger partial charge is 0.337 e. The standard InChI is InChI=1S/C10H12O4/c1-5-3-4-7(6(2)8(5)11)9(12)10(13)14/h3-4,9,11-12H,1-2H3,(H,13,14). The van der Waals surface area contributed by atoms with Crippen molar-refractivity contribution in [3.05, 3.63) is 28.8 Å². The van der Waals surface area contributed by atoms with E-state index in [1.165, 1.54) is 6.07 Å². The maximum Gasteiger partial charge on any atom is 0.337 e. The van der Waals surface area contributed by atoms with Crippen molar-refractivity contribution in [3.63, 3.8) is 0 Å². The SMILES string of the molecule is Cc1ccc(C(O)C(=O)O)c(C)c1O. The fraction of sp³-hybridized carbons (Fsp3) is 0.300. The molecular weight excluding hydrogens is 184 g/mol. The van der Waals surface area contributed by atoms with Gasteiger partial charge in [-0.15, -0.1) is 0 Å². The van der Waals surface area contributed by atoms with Gasteiger partial charge in [-0.1, -0.05) is 12.1 Å². The van der Waals surface area contributed by atoms with Gasteiger partial charge in [-0.05, 0) is 30.5 Å². The first-order valence-corrected chi connectivity index (χ1v) is 4.15. The molecule has 1 aromatic carbocycles. The topological polar surface area (TPSA) is 77.8 Å². The summed E-state index contributed by atoms with van der Waals surface area (Å²) in [4.78, 5) is 10.5. The lowest BCUT2D eigenvalue weighted by Crippen LogP contribution is -2.11. The number of carbonyl (C=O) groups is 1. The molecule has 0 saturated carbocycles. The lowest BCUT2D eigenvalue weighted by molar-refractivity contribution is -0.147. The number of rotatable bonds is 2. The quantitative estimate of drug-likeness (QED) is 0.662. The van der Waals surface area contributed by atoms with Gasteiger partial charge in [-0.2, -0.15) is 0 Å². The number of aliphatic hydroxyl groups is 1. The second-order valence-electron chi connectivity index (χ2n) is 3.19. The highest BCUT2D eigenvalue weighted by molar-refractivity contribution is 5.75. The predicted octanol–water partition coefficient (Wildman–Crippen LogP) is 1.13. The van der Waals surface area contributed by atoms with Gasteiger partial charge in [0, 0.05) is 0 Å². The van der Waals surface area contributed by atoms with Crippen LogP contribution >= 0.6 is 0 Å². The van der Waals surface area contributed by atoms with Crippen LogP contribution in [-0.4, -0.2) is 21.3 Å². The van der Waals surface area contributed by atoms with Gasteiger partial charge in [-0.25, -0.2) is 4.79 Å². The Morgan fingerprint density at radius 3 is 2.43 bits per heavy atom. The summed E-state index contributed by atoms with van der Waals surface area (Å²) in [5, 5.41) is 27.4. The summed E-state index contributed by atoms with van der Waals surface area (Å²) in [6.45, 7) is 3.28. The lowest BCUT2D eigenvalue weighted by atomic mass is 10.00. The summed E-state index contributed by atoms with van der Waals surface area (Å²) in [7, 11) is 0. The van der Waals surface area contributed by atoms with E-state index in [0.29, 0.717) is 11.1 Å². The molecule has 1 unspecified atom stereocenters. The first-order chi connectivity index (χ1) is 6.45. The summed E-state index contributed by atoms with van der Waals surface area (Å²) >= 11 is 0. The number of benzene rings is 1. The molecule has 4 heteroatoms. The summed E-state index contributed by atoms with van der Waals surface area (Å²) in [6.07, 6.45) is -1.58. The molecule has 0 bridgehead atoms. The number of phenolic OH excluding ortho intramolecular Hbond substituents is 1. The average molecular weight is 196 g/mol. The Morgan fingerprint density at radius 1 is 1.36 bits per heavy atom. The number of aryl methyl sites for hydroxylation is 1. The van der Waals surface area contributed by atoms with Crippen LogP contribution in [0.1, 0.15) is 22.8 Å². The molecule has 0 spiro atoms. The van der Waals surface area contributed by atoms with Crippen molar-refractivity contribution >= 4 is 5.97 Å². The number of carboxylic acid groups (broad SMARTS) is 1. The third kappa shape index (κ3) is 1.70. The van der Waals surface area contributed by atoms with Crippen molar-refractivity contribution in [2.24, 2.45) is 0 Å². The molecule has 0 fully saturated rings. The molecule has 0 saturated heterocycles. The fourth-order valence-electron chi connectivity index (χ4n) is 1.28. The van der Waals surface area contributed by atoms with Crippen LogP contribution in [0.2, 0.25) is 0 Å². The van der Waals surface area contributed by atoms with Crippen LogP contribution in [0.3, 0.4) is 0 Å². The van der Waals surface area contributed by atoms with Crippen LogP contribution in [0.5, 0.6) is 5.75 Å². The van der Waals surface area contributed by atoms with Gasteiger partial charge < -0.3 is 15.3 Å². The van der Waals surface area contributed by atoms with E-state index in [1.54, 1.807) is 19.9 Å². The van der Waals surface area contributed by atoms with E-state index in [-0.39, 0.29) is 11.3 Å². The number of carboxylic acids is 1. The highest BCUT2D eigenvalue weighted by Crippen LogP contribution is 2.28. The molecule has 1 aromatic rings. The molecular formula is C10H12O4. The Balaban J connectivity index is 3.24.